The molecule has 85 heavy (non-hydrogen) atoms. The lowest BCUT2D eigenvalue weighted by Crippen LogP contribution is -1.97. The first-order valence-electron chi connectivity index (χ1n) is 29.0. The van der Waals surface area contributed by atoms with Gasteiger partial charge in [-0.25, -0.2) is 0 Å². The smallest absolute Gasteiger partial charge is 0.0705 e. The number of aryl methyl sites for hydroxylation is 1. The molecule has 0 saturated carbocycles. The zero-order valence-corrected chi connectivity index (χ0v) is 47.0. The van der Waals surface area contributed by atoms with Crippen molar-refractivity contribution in [3.63, 3.8) is 0 Å². The normalized spacial score (nSPS) is 11.1. The van der Waals surface area contributed by atoms with E-state index >= 15 is 0 Å². The second-order valence-corrected chi connectivity index (χ2v) is 21.5. The Morgan fingerprint density at radius 1 is 0.188 bits per heavy atom. The zero-order chi connectivity index (χ0) is 56.9. The van der Waals surface area contributed by atoms with Crippen LogP contribution in [-0.2, 0) is 0 Å². The molecule has 0 bridgehead atoms. The van der Waals surface area contributed by atoms with Gasteiger partial charge in [0, 0.05) is 40.8 Å². The summed E-state index contributed by atoms with van der Waals surface area (Å²) in [6, 6.07) is 112. The van der Waals surface area contributed by atoms with Crippen molar-refractivity contribution in [1.29, 1.82) is 0 Å². The monoisotopic (exact) mass is 1080 g/mol. The Hall–Kier alpha value is -11.1. The van der Waals surface area contributed by atoms with Crippen LogP contribution in [0.1, 0.15) is 5.56 Å². The lowest BCUT2D eigenvalue weighted by atomic mass is 9.80. The average Bonchev–Trinajstić information content (AvgIpc) is 1.83. The standard InChI is InChI=1S/C82H57N3/c1-56-49-81(85-55-78(56)60-31-13-5-14-32-60)64-43-46-70(74(52-64)58-27-9-3-10-28-58)67-36-18-17-35-66(67)62-41-44-72(77-54-65(80-40-22-24-48-84-80)53-75(59-29-11-4-12-30-59)82(77)61-33-15-6-16-34-61)76(50-62)69-38-20-19-37-68(69)71-45-42-63(79-39-21-23-47-83-79)51-73(71)57-25-7-2-8-26-57/h2-55H,1H3. The fraction of sp³-hybridized carbons (Fsp3) is 0.0122. The van der Waals surface area contributed by atoms with Crippen LogP contribution in [0.25, 0.3) is 145 Å². The Bertz CT molecular complexity index is 4660. The van der Waals surface area contributed by atoms with Gasteiger partial charge in [-0.15, -0.1) is 0 Å². The van der Waals surface area contributed by atoms with E-state index in [0.717, 1.165) is 145 Å². The van der Waals surface area contributed by atoms with Crippen molar-refractivity contribution < 1.29 is 0 Å². The van der Waals surface area contributed by atoms with Crippen LogP contribution >= 0.6 is 0 Å². The maximum Gasteiger partial charge on any atom is 0.0705 e. The van der Waals surface area contributed by atoms with E-state index in [2.05, 4.69) is 304 Å². The number of pyridine rings is 3. The maximum atomic E-state index is 5.09. The number of benzene rings is 11. The van der Waals surface area contributed by atoms with E-state index < -0.39 is 0 Å². The molecule has 11 aromatic carbocycles. The second-order valence-electron chi connectivity index (χ2n) is 21.5. The summed E-state index contributed by atoms with van der Waals surface area (Å²) in [5.74, 6) is 0. The van der Waals surface area contributed by atoms with Crippen molar-refractivity contribution in [2.45, 2.75) is 6.92 Å². The first kappa shape index (κ1) is 52.0. The summed E-state index contributed by atoms with van der Waals surface area (Å²) in [5.41, 5.74) is 29.6. The predicted octanol–water partition coefficient (Wildman–Crippen LogP) is 21.9. The molecular weight excluding hydrogens is 1030 g/mol. The van der Waals surface area contributed by atoms with Gasteiger partial charge in [-0.2, -0.15) is 0 Å². The lowest BCUT2D eigenvalue weighted by Gasteiger charge is -2.23. The Kier molecular flexibility index (Phi) is 14.3. The summed E-state index contributed by atoms with van der Waals surface area (Å²) in [5, 5.41) is 0. The van der Waals surface area contributed by atoms with Crippen LogP contribution in [0, 0.1) is 6.92 Å². The molecule has 0 saturated heterocycles. The van der Waals surface area contributed by atoms with E-state index in [1.54, 1.807) is 0 Å². The van der Waals surface area contributed by atoms with Crippen molar-refractivity contribution in [1.82, 2.24) is 15.0 Å². The molecular formula is C82H57N3. The maximum absolute atomic E-state index is 5.09. The van der Waals surface area contributed by atoms with E-state index in [1.165, 1.54) is 5.56 Å². The highest BCUT2D eigenvalue weighted by Gasteiger charge is 2.24. The van der Waals surface area contributed by atoms with Gasteiger partial charge >= 0.3 is 0 Å². The van der Waals surface area contributed by atoms with Gasteiger partial charge in [-0.3, -0.25) is 15.0 Å². The summed E-state index contributed by atoms with van der Waals surface area (Å²) in [6.45, 7) is 2.18. The van der Waals surface area contributed by atoms with Crippen LogP contribution < -0.4 is 0 Å². The fourth-order valence-electron chi connectivity index (χ4n) is 12.1. The number of aromatic nitrogens is 3. The van der Waals surface area contributed by atoms with Crippen molar-refractivity contribution >= 4 is 0 Å². The molecule has 0 amide bonds. The van der Waals surface area contributed by atoms with Crippen molar-refractivity contribution in [3.05, 3.63) is 334 Å². The SMILES string of the molecule is Cc1cc(-c2ccc(-c3ccccc3-c3ccc(-c4cc(-c5ccccn5)cc(-c5ccccc5)c4-c4ccccc4)c(-c4ccccc4-c4ccc(-c5ccccn5)cc4-c4ccccc4)c3)c(-c3ccccc3)c2)ncc1-c1ccccc1. The molecule has 0 fully saturated rings. The Balaban J connectivity index is 1.02. The van der Waals surface area contributed by atoms with Gasteiger partial charge in [-0.05, 0) is 179 Å². The summed E-state index contributed by atoms with van der Waals surface area (Å²) >= 11 is 0. The molecule has 14 rings (SSSR count). The Morgan fingerprint density at radius 3 is 1.05 bits per heavy atom. The fourth-order valence-corrected chi connectivity index (χ4v) is 12.1. The predicted molar refractivity (Wildman–Crippen MR) is 355 cm³/mol. The topological polar surface area (TPSA) is 38.7 Å². The lowest BCUT2D eigenvalue weighted by molar-refractivity contribution is 1.29. The van der Waals surface area contributed by atoms with Gasteiger partial charge in [0.1, 0.15) is 0 Å². The van der Waals surface area contributed by atoms with Crippen molar-refractivity contribution in [2.75, 3.05) is 0 Å². The van der Waals surface area contributed by atoms with Crippen LogP contribution in [0.5, 0.6) is 0 Å². The van der Waals surface area contributed by atoms with Gasteiger partial charge in [0.25, 0.3) is 0 Å². The molecule has 0 radical (unpaired) electrons. The van der Waals surface area contributed by atoms with Crippen molar-refractivity contribution in [2.24, 2.45) is 0 Å². The summed E-state index contributed by atoms with van der Waals surface area (Å²) in [7, 11) is 0. The Labute approximate surface area is 497 Å². The van der Waals surface area contributed by atoms with Crippen LogP contribution in [0.4, 0.5) is 0 Å². The molecule has 14 aromatic rings. The third-order valence-corrected chi connectivity index (χ3v) is 16.3. The first-order valence-corrected chi connectivity index (χ1v) is 29.0. The molecule has 0 aliphatic rings. The van der Waals surface area contributed by atoms with Gasteiger partial charge < -0.3 is 0 Å². The molecule has 0 aliphatic heterocycles. The van der Waals surface area contributed by atoms with E-state index in [9.17, 15) is 0 Å². The number of hydrogen-bond acceptors (Lipinski definition) is 3. The van der Waals surface area contributed by atoms with Crippen LogP contribution in [0.2, 0.25) is 0 Å². The van der Waals surface area contributed by atoms with Crippen LogP contribution in [0.15, 0.2) is 328 Å². The van der Waals surface area contributed by atoms with Gasteiger partial charge in [0.15, 0.2) is 0 Å². The van der Waals surface area contributed by atoms with E-state index in [-0.39, 0.29) is 0 Å². The van der Waals surface area contributed by atoms with Crippen LogP contribution in [0.3, 0.4) is 0 Å². The highest BCUT2D eigenvalue weighted by molar-refractivity contribution is 6.05. The highest BCUT2D eigenvalue weighted by atomic mass is 14.7. The summed E-state index contributed by atoms with van der Waals surface area (Å²) < 4.78 is 0. The molecule has 0 spiro atoms. The van der Waals surface area contributed by atoms with E-state index in [4.69, 9.17) is 15.0 Å². The number of hydrogen-bond donors (Lipinski definition) is 0. The molecule has 0 N–H and O–H groups in total. The number of rotatable bonds is 13. The Morgan fingerprint density at radius 2 is 0.541 bits per heavy atom. The molecule has 400 valence electrons. The quantitative estimate of drug-likeness (QED) is 0.115. The molecule has 0 atom stereocenters. The number of nitrogens with zero attached hydrogens (tertiary/aromatic N) is 3. The third kappa shape index (κ3) is 10.5. The largest absolute Gasteiger partial charge is 0.256 e. The third-order valence-electron chi connectivity index (χ3n) is 16.3. The molecule has 0 unspecified atom stereocenters. The average molecular weight is 1080 g/mol. The molecule has 3 aromatic heterocycles. The molecule has 3 nitrogen and oxygen atoms in total. The second kappa shape index (κ2) is 23.4. The molecule has 3 heteroatoms. The van der Waals surface area contributed by atoms with E-state index in [0.29, 0.717) is 0 Å². The first-order chi connectivity index (χ1) is 42.1. The minimum Gasteiger partial charge on any atom is -0.256 e. The zero-order valence-electron chi connectivity index (χ0n) is 47.0. The highest BCUT2D eigenvalue weighted by Crippen LogP contribution is 2.50. The van der Waals surface area contributed by atoms with Crippen molar-refractivity contribution in [3.8, 4) is 145 Å². The van der Waals surface area contributed by atoms with Crippen LogP contribution in [-0.4, -0.2) is 15.0 Å². The van der Waals surface area contributed by atoms with Gasteiger partial charge in [0.05, 0.1) is 17.1 Å². The summed E-state index contributed by atoms with van der Waals surface area (Å²) in [4.78, 5) is 14.9. The summed E-state index contributed by atoms with van der Waals surface area (Å²) in [6.07, 6.45) is 5.77. The molecule has 3 heterocycles. The van der Waals surface area contributed by atoms with E-state index in [1.807, 2.05) is 30.7 Å². The van der Waals surface area contributed by atoms with Gasteiger partial charge in [0.2, 0.25) is 0 Å². The minimum absolute atomic E-state index is 0.906. The van der Waals surface area contributed by atoms with Gasteiger partial charge in [-0.1, -0.05) is 249 Å². The minimum atomic E-state index is 0.906. The molecule has 0 aliphatic carbocycles.